The summed E-state index contributed by atoms with van der Waals surface area (Å²) < 4.78 is 0. The Labute approximate surface area is 82.6 Å². The van der Waals surface area contributed by atoms with Crippen molar-refractivity contribution in [3.8, 4) is 0 Å². The molecule has 0 unspecified atom stereocenters. The van der Waals surface area contributed by atoms with Gasteiger partial charge in [0.2, 0.25) is 0 Å². The molecule has 0 bridgehead atoms. The monoisotopic (exact) mass is 197 g/mol. The molecule has 0 radical (unpaired) electrons. The summed E-state index contributed by atoms with van der Waals surface area (Å²) in [5.74, 6) is 0.912. The third kappa shape index (κ3) is 2.19. The fourth-order valence-corrected chi connectivity index (χ4v) is 2.15. The first-order chi connectivity index (χ1) is 6.29. The minimum Gasteiger partial charge on any atom is -0.351 e. The van der Waals surface area contributed by atoms with Crippen LogP contribution in [-0.4, -0.2) is 18.6 Å². The summed E-state index contributed by atoms with van der Waals surface area (Å²) in [4.78, 5) is 6.67. The molecule has 1 fully saturated rings. The Balaban J connectivity index is 1.96. The molecule has 0 aliphatic heterocycles. The van der Waals surface area contributed by atoms with Crippen LogP contribution < -0.4 is 10.6 Å². The van der Waals surface area contributed by atoms with Crippen molar-refractivity contribution < 1.29 is 0 Å². The van der Waals surface area contributed by atoms with Crippen LogP contribution in [0.1, 0.15) is 18.5 Å². The maximum atomic E-state index is 5.50. The van der Waals surface area contributed by atoms with E-state index in [1.807, 2.05) is 5.38 Å². The molecule has 1 aromatic rings. The molecule has 4 heteroatoms. The normalized spacial score (nSPS) is 16.2. The van der Waals surface area contributed by atoms with E-state index < -0.39 is 0 Å². The van der Waals surface area contributed by atoms with Gasteiger partial charge in [-0.15, -0.1) is 11.3 Å². The number of thiazole rings is 1. The Morgan fingerprint density at radius 1 is 1.69 bits per heavy atom. The lowest BCUT2D eigenvalue weighted by atomic mass is 10.4. The van der Waals surface area contributed by atoms with Gasteiger partial charge in [0.1, 0.15) is 0 Å². The van der Waals surface area contributed by atoms with E-state index in [9.17, 15) is 0 Å². The van der Waals surface area contributed by atoms with Gasteiger partial charge in [-0.1, -0.05) is 0 Å². The number of nitrogens with two attached hydrogens (primary N) is 1. The minimum atomic E-state index is 0.549. The molecule has 1 aliphatic rings. The van der Waals surface area contributed by atoms with E-state index in [1.165, 1.54) is 12.8 Å². The average molecular weight is 197 g/mol. The van der Waals surface area contributed by atoms with E-state index in [1.54, 1.807) is 11.3 Å². The Hall–Kier alpha value is -0.610. The highest BCUT2D eigenvalue weighted by molar-refractivity contribution is 7.13. The zero-order valence-electron chi connectivity index (χ0n) is 7.86. The van der Waals surface area contributed by atoms with Crippen molar-refractivity contribution >= 4 is 16.5 Å². The highest BCUT2D eigenvalue weighted by Crippen LogP contribution is 2.31. The molecule has 13 heavy (non-hydrogen) atoms. The molecule has 1 aliphatic carbocycles. The fourth-order valence-electron chi connectivity index (χ4n) is 1.33. The van der Waals surface area contributed by atoms with E-state index in [-0.39, 0.29) is 0 Å². The Kier molecular flexibility index (Phi) is 2.51. The van der Waals surface area contributed by atoms with Crippen LogP contribution in [-0.2, 0) is 6.54 Å². The zero-order valence-corrected chi connectivity index (χ0v) is 8.68. The highest BCUT2D eigenvalue weighted by Gasteiger charge is 2.23. The summed E-state index contributed by atoms with van der Waals surface area (Å²) >= 11 is 1.69. The number of rotatable bonds is 4. The highest BCUT2D eigenvalue weighted by atomic mass is 32.1. The lowest BCUT2D eigenvalue weighted by Gasteiger charge is -2.14. The standard InChI is InChI=1S/C9H15N3S/c1-12(5-7-2-3-7)9-11-8(4-10)6-13-9/h6-7H,2-5,10H2,1H3. The van der Waals surface area contributed by atoms with Gasteiger partial charge in [0.05, 0.1) is 5.69 Å². The van der Waals surface area contributed by atoms with Crippen LogP contribution in [0.25, 0.3) is 0 Å². The van der Waals surface area contributed by atoms with Crippen molar-refractivity contribution in [1.29, 1.82) is 0 Å². The van der Waals surface area contributed by atoms with Crippen LogP contribution in [0.5, 0.6) is 0 Å². The van der Waals surface area contributed by atoms with Gasteiger partial charge in [-0.25, -0.2) is 4.98 Å². The first-order valence-corrected chi connectivity index (χ1v) is 5.53. The molecule has 0 atom stereocenters. The topological polar surface area (TPSA) is 42.2 Å². The summed E-state index contributed by atoms with van der Waals surface area (Å²) in [6.45, 7) is 1.70. The Morgan fingerprint density at radius 3 is 3.00 bits per heavy atom. The van der Waals surface area contributed by atoms with Gasteiger partial charge in [0, 0.05) is 25.5 Å². The molecular formula is C9H15N3S. The predicted octanol–water partition coefficient (Wildman–Crippen LogP) is 1.45. The summed E-state index contributed by atoms with van der Waals surface area (Å²) in [7, 11) is 2.11. The van der Waals surface area contributed by atoms with Crippen molar-refractivity contribution in [2.45, 2.75) is 19.4 Å². The third-order valence-corrected chi connectivity index (χ3v) is 3.31. The maximum absolute atomic E-state index is 5.50. The molecule has 72 valence electrons. The number of anilines is 1. The molecule has 0 spiro atoms. The van der Waals surface area contributed by atoms with Crippen molar-refractivity contribution in [2.24, 2.45) is 11.7 Å². The second-order valence-electron chi connectivity index (χ2n) is 3.65. The van der Waals surface area contributed by atoms with E-state index in [2.05, 4.69) is 16.9 Å². The molecule has 2 rings (SSSR count). The van der Waals surface area contributed by atoms with E-state index in [4.69, 9.17) is 5.73 Å². The largest absolute Gasteiger partial charge is 0.351 e. The van der Waals surface area contributed by atoms with E-state index in [0.29, 0.717) is 6.54 Å². The second-order valence-corrected chi connectivity index (χ2v) is 4.49. The van der Waals surface area contributed by atoms with Gasteiger partial charge in [-0.2, -0.15) is 0 Å². The summed E-state index contributed by atoms with van der Waals surface area (Å²) in [6.07, 6.45) is 2.78. The van der Waals surface area contributed by atoms with E-state index >= 15 is 0 Å². The van der Waals surface area contributed by atoms with Crippen molar-refractivity contribution in [3.63, 3.8) is 0 Å². The molecule has 3 nitrogen and oxygen atoms in total. The van der Waals surface area contributed by atoms with Gasteiger partial charge < -0.3 is 10.6 Å². The van der Waals surface area contributed by atoms with Crippen molar-refractivity contribution in [3.05, 3.63) is 11.1 Å². The van der Waals surface area contributed by atoms with Crippen LogP contribution in [0.4, 0.5) is 5.13 Å². The molecular weight excluding hydrogens is 182 g/mol. The lowest BCUT2D eigenvalue weighted by Crippen LogP contribution is -2.19. The van der Waals surface area contributed by atoms with Crippen LogP contribution in [0, 0.1) is 5.92 Å². The van der Waals surface area contributed by atoms with Gasteiger partial charge in [0.15, 0.2) is 5.13 Å². The zero-order chi connectivity index (χ0) is 9.26. The third-order valence-electron chi connectivity index (χ3n) is 2.30. The van der Waals surface area contributed by atoms with Gasteiger partial charge >= 0.3 is 0 Å². The molecule has 0 saturated heterocycles. The molecule has 0 aromatic carbocycles. The number of aromatic nitrogens is 1. The SMILES string of the molecule is CN(CC1CC1)c1nc(CN)cs1. The second kappa shape index (κ2) is 3.64. The Morgan fingerprint density at radius 2 is 2.46 bits per heavy atom. The summed E-state index contributed by atoms with van der Waals surface area (Å²) in [5, 5.41) is 3.14. The van der Waals surface area contributed by atoms with Crippen molar-refractivity contribution in [2.75, 3.05) is 18.5 Å². The first kappa shape index (κ1) is 8.97. The van der Waals surface area contributed by atoms with Crippen LogP contribution in [0.15, 0.2) is 5.38 Å². The summed E-state index contributed by atoms with van der Waals surface area (Å²) in [6, 6.07) is 0. The predicted molar refractivity (Wildman–Crippen MR) is 56.0 cm³/mol. The van der Waals surface area contributed by atoms with E-state index in [0.717, 1.165) is 23.3 Å². The fraction of sp³-hybridized carbons (Fsp3) is 0.667. The lowest BCUT2D eigenvalue weighted by molar-refractivity contribution is 0.782. The number of hydrogen-bond donors (Lipinski definition) is 1. The van der Waals surface area contributed by atoms with Gasteiger partial charge in [-0.3, -0.25) is 0 Å². The van der Waals surface area contributed by atoms with Gasteiger partial charge in [-0.05, 0) is 18.8 Å². The smallest absolute Gasteiger partial charge is 0.185 e. The van der Waals surface area contributed by atoms with Crippen LogP contribution in [0.2, 0.25) is 0 Å². The Bertz CT molecular complexity index is 280. The minimum absolute atomic E-state index is 0.549. The molecule has 2 N–H and O–H groups in total. The molecule has 0 amide bonds. The number of hydrogen-bond acceptors (Lipinski definition) is 4. The average Bonchev–Trinajstić information content (AvgIpc) is 2.82. The maximum Gasteiger partial charge on any atom is 0.185 e. The molecule has 1 saturated carbocycles. The quantitative estimate of drug-likeness (QED) is 0.794. The summed E-state index contributed by atoms with van der Waals surface area (Å²) in [5.41, 5.74) is 6.50. The van der Waals surface area contributed by atoms with Crippen LogP contribution in [0.3, 0.4) is 0 Å². The van der Waals surface area contributed by atoms with Crippen molar-refractivity contribution in [1.82, 2.24) is 4.98 Å². The molecule has 1 aromatic heterocycles. The van der Waals surface area contributed by atoms with Gasteiger partial charge in [0.25, 0.3) is 0 Å². The first-order valence-electron chi connectivity index (χ1n) is 4.65. The molecule has 1 heterocycles. The van der Waals surface area contributed by atoms with Crippen LogP contribution >= 0.6 is 11.3 Å². The number of nitrogens with zero attached hydrogens (tertiary/aromatic N) is 2.